The van der Waals surface area contributed by atoms with Crippen molar-refractivity contribution in [3.63, 3.8) is 0 Å². The zero-order valence-electron chi connectivity index (χ0n) is 9.13. The van der Waals surface area contributed by atoms with Crippen LogP contribution >= 0.6 is 0 Å². The molecule has 1 fully saturated rings. The quantitative estimate of drug-likeness (QED) is 0.821. The lowest BCUT2D eigenvalue weighted by atomic mass is 10.3. The molecule has 0 aliphatic carbocycles. The number of nitrogens with one attached hydrogen (secondary N) is 1. The van der Waals surface area contributed by atoms with Gasteiger partial charge in [0.1, 0.15) is 5.82 Å². The van der Waals surface area contributed by atoms with Gasteiger partial charge < -0.3 is 4.90 Å². The van der Waals surface area contributed by atoms with E-state index in [1.807, 2.05) is 18.2 Å². The van der Waals surface area contributed by atoms with Crippen molar-refractivity contribution < 1.29 is 8.42 Å². The Bertz CT molecular complexity index is 446. The molecular formula is C10H15N3O2S. The van der Waals surface area contributed by atoms with Gasteiger partial charge in [0, 0.05) is 25.3 Å². The third-order valence-electron chi connectivity index (χ3n) is 2.54. The first-order valence-electron chi connectivity index (χ1n) is 5.18. The average Bonchev–Trinajstić information content (AvgIpc) is 2.65. The van der Waals surface area contributed by atoms with E-state index in [-0.39, 0.29) is 6.04 Å². The molecular weight excluding hydrogens is 226 g/mol. The third kappa shape index (κ3) is 2.93. The van der Waals surface area contributed by atoms with Crippen LogP contribution in [-0.4, -0.2) is 38.8 Å². The second kappa shape index (κ2) is 4.39. The third-order valence-corrected chi connectivity index (χ3v) is 3.30. The molecule has 0 amide bonds. The fraction of sp³-hybridized carbons (Fsp3) is 0.500. The SMILES string of the molecule is CS(=O)(=O)NC1CCN(c2ccccn2)C1. The highest BCUT2D eigenvalue weighted by Crippen LogP contribution is 2.17. The summed E-state index contributed by atoms with van der Waals surface area (Å²) >= 11 is 0. The number of pyridine rings is 1. The summed E-state index contributed by atoms with van der Waals surface area (Å²) in [5.74, 6) is 0.903. The van der Waals surface area contributed by atoms with Crippen LogP contribution in [0.5, 0.6) is 0 Å². The molecule has 1 unspecified atom stereocenters. The van der Waals surface area contributed by atoms with Crippen LogP contribution in [0, 0.1) is 0 Å². The first kappa shape index (κ1) is 11.3. The van der Waals surface area contributed by atoms with Crippen molar-refractivity contribution in [1.82, 2.24) is 9.71 Å². The van der Waals surface area contributed by atoms with E-state index in [4.69, 9.17) is 0 Å². The molecule has 1 aromatic rings. The van der Waals surface area contributed by atoms with Crippen molar-refractivity contribution in [2.45, 2.75) is 12.5 Å². The van der Waals surface area contributed by atoms with Gasteiger partial charge in [-0.25, -0.2) is 18.1 Å². The van der Waals surface area contributed by atoms with E-state index < -0.39 is 10.0 Å². The minimum absolute atomic E-state index is 0.00277. The molecule has 0 aromatic carbocycles. The highest BCUT2D eigenvalue weighted by molar-refractivity contribution is 7.88. The Kier molecular flexibility index (Phi) is 3.11. The van der Waals surface area contributed by atoms with Crippen molar-refractivity contribution in [3.8, 4) is 0 Å². The number of anilines is 1. The average molecular weight is 241 g/mol. The summed E-state index contributed by atoms with van der Waals surface area (Å²) in [6.07, 6.45) is 3.76. The molecule has 1 N–H and O–H groups in total. The standard InChI is InChI=1S/C10H15N3O2S/c1-16(14,15)12-9-5-7-13(8-9)10-4-2-3-6-11-10/h2-4,6,9,12H,5,7-8H2,1H3. The highest BCUT2D eigenvalue weighted by Gasteiger charge is 2.25. The second-order valence-corrected chi connectivity index (χ2v) is 5.79. The van der Waals surface area contributed by atoms with Crippen LogP contribution in [0.1, 0.15) is 6.42 Å². The Balaban J connectivity index is 1.99. The fourth-order valence-corrected chi connectivity index (χ4v) is 2.71. The highest BCUT2D eigenvalue weighted by atomic mass is 32.2. The molecule has 0 bridgehead atoms. The summed E-state index contributed by atoms with van der Waals surface area (Å²) in [6, 6.07) is 5.73. The Hall–Kier alpha value is -1.14. The number of nitrogens with zero attached hydrogens (tertiary/aromatic N) is 2. The Morgan fingerprint density at radius 3 is 2.94 bits per heavy atom. The van der Waals surface area contributed by atoms with Crippen LogP contribution in [0.4, 0.5) is 5.82 Å². The summed E-state index contributed by atoms with van der Waals surface area (Å²) in [6.45, 7) is 1.52. The molecule has 88 valence electrons. The number of rotatable bonds is 3. The van der Waals surface area contributed by atoms with E-state index in [9.17, 15) is 8.42 Å². The topological polar surface area (TPSA) is 62.3 Å². The van der Waals surface area contributed by atoms with E-state index in [0.29, 0.717) is 6.54 Å². The number of aromatic nitrogens is 1. The first-order chi connectivity index (χ1) is 7.54. The van der Waals surface area contributed by atoms with E-state index in [0.717, 1.165) is 18.8 Å². The van der Waals surface area contributed by atoms with Crippen molar-refractivity contribution in [3.05, 3.63) is 24.4 Å². The van der Waals surface area contributed by atoms with Crippen molar-refractivity contribution in [2.75, 3.05) is 24.2 Å². The normalized spacial score (nSPS) is 21.3. The van der Waals surface area contributed by atoms with Gasteiger partial charge in [-0.15, -0.1) is 0 Å². The van der Waals surface area contributed by atoms with E-state index >= 15 is 0 Å². The number of hydrogen-bond donors (Lipinski definition) is 1. The molecule has 2 rings (SSSR count). The van der Waals surface area contributed by atoms with Crippen LogP contribution in [-0.2, 0) is 10.0 Å². The molecule has 1 saturated heterocycles. The van der Waals surface area contributed by atoms with Crippen LogP contribution in [0.15, 0.2) is 24.4 Å². The van der Waals surface area contributed by atoms with Gasteiger partial charge in [0.25, 0.3) is 0 Å². The van der Waals surface area contributed by atoms with Crippen LogP contribution < -0.4 is 9.62 Å². The summed E-state index contributed by atoms with van der Waals surface area (Å²) in [7, 11) is -3.11. The van der Waals surface area contributed by atoms with Gasteiger partial charge in [-0.2, -0.15) is 0 Å². The van der Waals surface area contributed by atoms with Gasteiger partial charge in [0.15, 0.2) is 0 Å². The Labute approximate surface area is 95.5 Å². The molecule has 16 heavy (non-hydrogen) atoms. The molecule has 1 aromatic heterocycles. The second-order valence-electron chi connectivity index (χ2n) is 4.01. The maximum atomic E-state index is 11.1. The lowest BCUT2D eigenvalue weighted by Crippen LogP contribution is -2.36. The van der Waals surface area contributed by atoms with Gasteiger partial charge in [-0.05, 0) is 18.6 Å². The van der Waals surface area contributed by atoms with E-state index in [2.05, 4.69) is 14.6 Å². The van der Waals surface area contributed by atoms with E-state index in [1.165, 1.54) is 6.26 Å². The smallest absolute Gasteiger partial charge is 0.209 e. The predicted octanol–water partition coefficient (Wildman–Crippen LogP) is 0.209. The van der Waals surface area contributed by atoms with Gasteiger partial charge in [-0.3, -0.25) is 0 Å². The molecule has 1 aliphatic heterocycles. The van der Waals surface area contributed by atoms with Gasteiger partial charge in [-0.1, -0.05) is 6.07 Å². The summed E-state index contributed by atoms with van der Waals surface area (Å²) in [4.78, 5) is 6.33. The predicted molar refractivity (Wildman–Crippen MR) is 62.8 cm³/mol. The van der Waals surface area contributed by atoms with Gasteiger partial charge >= 0.3 is 0 Å². The monoisotopic (exact) mass is 241 g/mol. The van der Waals surface area contributed by atoms with Crippen molar-refractivity contribution in [2.24, 2.45) is 0 Å². The summed E-state index contributed by atoms with van der Waals surface area (Å²) in [5, 5.41) is 0. The van der Waals surface area contributed by atoms with Crippen LogP contribution in [0.25, 0.3) is 0 Å². The molecule has 0 spiro atoms. The maximum Gasteiger partial charge on any atom is 0.209 e. The largest absolute Gasteiger partial charge is 0.355 e. The van der Waals surface area contributed by atoms with Crippen LogP contribution in [0.2, 0.25) is 0 Å². The van der Waals surface area contributed by atoms with Crippen molar-refractivity contribution in [1.29, 1.82) is 0 Å². The zero-order valence-corrected chi connectivity index (χ0v) is 9.94. The minimum atomic E-state index is -3.11. The summed E-state index contributed by atoms with van der Waals surface area (Å²) < 4.78 is 24.8. The lowest BCUT2D eigenvalue weighted by Gasteiger charge is -2.17. The fourth-order valence-electron chi connectivity index (χ4n) is 1.91. The summed E-state index contributed by atoms with van der Waals surface area (Å²) in [5.41, 5.74) is 0. The molecule has 6 heteroatoms. The minimum Gasteiger partial charge on any atom is -0.355 e. The Morgan fingerprint density at radius 1 is 1.50 bits per heavy atom. The van der Waals surface area contributed by atoms with Crippen molar-refractivity contribution >= 4 is 15.8 Å². The Morgan fingerprint density at radius 2 is 2.31 bits per heavy atom. The van der Waals surface area contributed by atoms with E-state index in [1.54, 1.807) is 6.20 Å². The zero-order chi connectivity index (χ0) is 11.6. The molecule has 1 atom stereocenters. The molecule has 5 nitrogen and oxygen atoms in total. The molecule has 0 radical (unpaired) electrons. The molecule has 0 saturated carbocycles. The first-order valence-corrected chi connectivity index (χ1v) is 7.07. The number of hydrogen-bond acceptors (Lipinski definition) is 4. The van der Waals surface area contributed by atoms with Gasteiger partial charge in [0.2, 0.25) is 10.0 Å². The molecule has 2 heterocycles. The maximum absolute atomic E-state index is 11.1. The number of sulfonamides is 1. The van der Waals surface area contributed by atoms with Gasteiger partial charge in [0.05, 0.1) is 6.26 Å². The van der Waals surface area contributed by atoms with Crippen LogP contribution in [0.3, 0.4) is 0 Å². The lowest BCUT2D eigenvalue weighted by molar-refractivity contribution is 0.567. The molecule has 1 aliphatic rings.